The van der Waals surface area contributed by atoms with Crippen LogP contribution in [0.2, 0.25) is 96.8 Å². The average Bonchev–Trinajstić information content (AvgIpc) is 3.69. The fourth-order valence-electron chi connectivity index (χ4n) is 11.4. The predicted octanol–water partition coefficient (Wildman–Crippen LogP) is 13.4. The van der Waals surface area contributed by atoms with Crippen molar-refractivity contribution >= 4 is 69.5 Å². The van der Waals surface area contributed by atoms with Crippen molar-refractivity contribution in [3.63, 3.8) is 0 Å². The fraction of sp³-hybridized carbons (Fsp3) is 0.420. The molecule has 0 N–H and O–H groups in total. The Kier molecular flexibility index (Phi) is 9.48. The Morgan fingerprint density at radius 3 is 1.09 bits per heavy atom. The number of fused-ring (bicyclic) bond motifs is 2. The molecule has 6 rings (SSSR count). The maximum absolute atomic E-state index is 5.88. The molecule has 0 saturated heterocycles. The van der Waals surface area contributed by atoms with Crippen molar-refractivity contribution in [2.45, 2.75) is 118 Å². The zero-order chi connectivity index (χ0) is 41.1. The van der Waals surface area contributed by atoms with E-state index < -0.39 is 47.4 Å². The first-order valence-electron chi connectivity index (χ1n) is 21.3. The molecule has 55 heavy (non-hydrogen) atoms. The SMILES string of the molecule is [CH2]=[Hf]([CH3])([CH3])([CH3])([CH2]C(C)C)([CH]1C=Cc2c(-c3cc([Si](C)(C)C)cc([Si](C)(C)C)c3)cccc21)[CH]1C=Cc2c(-c3cc([Si](C)(C)C)cc([Si](C)(C)C)c3)cccc21. The summed E-state index contributed by atoms with van der Waals surface area (Å²) in [5.74, 6) is 0.518. The first-order chi connectivity index (χ1) is 24.8. The van der Waals surface area contributed by atoms with Crippen LogP contribution in [0.4, 0.5) is 0 Å². The third-order valence-corrected chi connectivity index (χ3v) is 58.4. The standard InChI is InChI=1S/2C21H27Si2.C4H9.3CH3.CH2.Hf/c2*1-22(2,3)18-13-17(14-19(15-18)23(4,5)6)21-12-8-10-16-9-7-11-20(16)21;1-4(2)3;;;;;/h2*7-15H,1-6H3;4H,1H2,2-3H3;3*1H3;1H2;. The predicted molar refractivity (Wildman–Crippen MR) is 264 cm³/mol. The summed E-state index contributed by atoms with van der Waals surface area (Å²) in [5, 5.41) is 6.30. The van der Waals surface area contributed by atoms with Crippen LogP contribution in [0.5, 0.6) is 0 Å². The average molecular weight is 966 g/mol. The van der Waals surface area contributed by atoms with Gasteiger partial charge in [-0.25, -0.2) is 0 Å². The summed E-state index contributed by atoms with van der Waals surface area (Å²) in [6.45, 7) is 34.9. The van der Waals surface area contributed by atoms with E-state index in [-0.39, 0.29) is 7.35 Å². The van der Waals surface area contributed by atoms with E-state index in [1.165, 1.54) is 44.5 Å². The van der Waals surface area contributed by atoms with Crippen LogP contribution in [0.1, 0.15) is 43.5 Å². The van der Waals surface area contributed by atoms with E-state index in [1.54, 1.807) is 20.7 Å². The van der Waals surface area contributed by atoms with Crippen molar-refractivity contribution < 1.29 is 15.1 Å². The van der Waals surface area contributed by atoms with E-state index in [0.29, 0.717) is 5.92 Å². The molecular formula is C50H74HfSi4. The molecule has 0 bridgehead atoms. The van der Waals surface area contributed by atoms with E-state index in [2.05, 4.69) is 204 Å². The molecule has 0 aromatic heterocycles. The Morgan fingerprint density at radius 2 is 0.818 bits per heavy atom. The molecule has 0 amide bonds. The molecular weight excluding hydrogens is 891 g/mol. The molecule has 0 radical (unpaired) electrons. The van der Waals surface area contributed by atoms with Crippen molar-refractivity contribution in [3.8, 4) is 22.3 Å². The van der Waals surface area contributed by atoms with Crippen molar-refractivity contribution in [2.24, 2.45) is 5.92 Å². The molecule has 0 nitrogen and oxygen atoms in total. The van der Waals surface area contributed by atoms with Gasteiger partial charge in [-0.1, -0.05) is 0 Å². The molecule has 2 aliphatic rings. The van der Waals surface area contributed by atoms with Gasteiger partial charge in [-0.05, 0) is 0 Å². The number of rotatable bonds is 10. The molecule has 0 spiro atoms. The zero-order valence-corrected chi connectivity index (χ0v) is 45.5. The number of allylic oxidation sites excluding steroid dienone is 2. The van der Waals surface area contributed by atoms with Crippen molar-refractivity contribution in [3.05, 3.63) is 107 Å². The molecule has 4 aromatic rings. The normalized spacial score (nSPS) is 19.5. The summed E-state index contributed by atoms with van der Waals surface area (Å²) < 4.78 is 15.8. The molecule has 5 heteroatoms. The third kappa shape index (κ3) is 7.45. The van der Waals surface area contributed by atoms with Gasteiger partial charge in [0.1, 0.15) is 0 Å². The van der Waals surface area contributed by atoms with Crippen molar-refractivity contribution in [2.75, 3.05) is 0 Å². The van der Waals surface area contributed by atoms with Crippen LogP contribution in [0, 0.1) is 5.92 Å². The van der Waals surface area contributed by atoms with Gasteiger partial charge in [0.15, 0.2) is 0 Å². The van der Waals surface area contributed by atoms with E-state index in [4.69, 9.17) is 4.26 Å². The zero-order valence-electron chi connectivity index (χ0n) is 37.9. The maximum atomic E-state index is 5.88. The van der Waals surface area contributed by atoms with Crippen LogP contribution in [0.15, 0.2) is 84.9 Å². The van der Waals surface area contributed by atoms with Crippen LogP contribution in [-0.2, 0) is 15.1 Å². The van der Waals surface area contributed by atoms with Crippen LogP contribution in [0.3, 0.4) is 0 Å². The molecule has 2 unspecified atom stereocenters. The second-order valence-electron chi connectivity index (χ2n) is 26.1. The van der Waals surface area contributed by atoms with Gasteiger partial charge in [0, 0.05) is 0 Å². The van der Waals surface area contributed by atoms with Gasteiger partial charge in [0.2, 0.25) is 0 Å². The number of hydrogen-bond donors (Lipinski definition) is 0. The molecule has 0 heterocycles. The first kappa shape index (κ1) is 42.6. The Labute approximate surface area is 335 Å². The third-order valence-electron chi connectivity index (χ3n) is 14.3. The second kappa shape index (κ2) is 12.3. The van der Waals surface area contributed by atoms with Gasteiger partial charge in [-0.15, -0.1) is 0 Å². The second-order valence-corrected chi connectivity index (χ2v) is 99.6. The Balaban J connectivity index is 1.58. The molecule has 0 saturated carbocycles. The van der Waals surface area contributed by atoms with Gasteiger partial charge in [0.05, 0.1) is 0 Å². The van der Waals surface area contributed by atoms with Gasteiger partial charge < -0.3 is 0 Å². The quantitative estimate of drug-likeness (QED) is 0.139. The molecule has 2 aliphatic carbocycles. The molecule has 4 aromatic carbocycles. The topological polar surface area (TPSA) is 0 Å². The van der Waals surface area contributed by atoms with E-state index in [1.807, 2.05) is 0 Å². The van der Waals surface area contributed by atoms with Gasteiger partial charge in [-0.2, -0.15) is 0 Å². The van der Waals surface area contributed by atoms with Crippen LogP contribution in [0.25, 0.3) is 34.4 Å². The van der Waals surface area contributed by atoms with E-state index in [9.17, 15) is 0 Å². The molecule has 0 fully saturated rings. The summed E-state index contributed by atoms with van der Waals surface area (Å²) >= 11 is -5.39. The molecule has 2 atom stereocenters. The minimum atomic E-state index is -5.39. The van der Waals surface area contributed by atoms with Gasteiger partial charge in [-0.3, -0.25) is 0 Å². The fourth-order valence-corrected chi connectivity index (χ4v) is 54.4. The first-order valence-corrected chi connectivity index (χ1v) is 55.3. The minimum absolute atomic E-state index is 0.274. The molecule has 294 valence electrons. The van der Waals surface area contributed by atoms with Crippen LogP contribution < -0.4 is 20.7 Å². The summed E-state index contributed by atoms with van der Waals surface area (Å²) in [4.78, 5) is 0. The Hall–Kier alpha value is -2.03. The monoisotopic (exact) mass is 966 g/mol. The number of benzene rings is 4. The Bertz CT molecular complexity index is 2190. The van der Waals surface area contributed by atoms with E-state index >= 15 is 0 Å². The summed E-state index contributed by atoms with van der Waals surface area (Å²) in [6, 6.07) is 29.8. The molecule has 0 aliphatic heterocycles. The van der Waals surface area contributed by atoms with E-state index in [0.717, 1.165) is 4.18 Å². The van der Waals surface area contributed by atoms with Gasteiger partial charge >= 0.3 is 338 Å². The Morgan fingerprint density at radius 1 is 0.509 bits per heavy atom. The summed E-state index contributed by atoms with van der Waals surface area (Å²) in [6.07, 6.45) is 10.3. The van der Waals surface area contributed by atoms with Crippen molar-refractivity contribution in [1.82, 2.24) is 0 Å². The van der Waals surface area contributed by atoms with Gasteiger partial charge in [0.25, 0.3) is 0 Å². The van der Waals surface area contributed by atoms with Crippen LogP contribution >= 0.6 is 0 Å². The van der Waals surface area contributed by atoms with Crippen molar-refractivity contribution in [1.29, 1.82) is 0 Å². The summed E-state index contributed by atoms with van der Waals surface area (Å²) in [5.41, 5.74) is 11.4. The summed E-state index contributed by atoms with van der Waals surface area (Å²) in [7, 11) is -6.15. The number of hydrogen-bond acceptors (Lipinski definition) is 0. The van der Waals surface area contributed by atoms with Crippen LogP contribution in [-0.4, -0.2) is 36.6 Å².